The lowest BCUT2D eigenvalue weighted by molar-refractivity contribution is 0.101. The molecule has 0 amide bonds. The van der Waals surface area contributed by atoms with Crippen molar-refractivity contribution in [1.29, 1.82) is 0 Å². The Morgan fingerprint density at radius 1 is 0.962 bits per heavy atom. The van der Waals surface area contributed by atoms with E-state index >= 15 is 0 Å². The number of halogens is 1. The van der Waals surface area contributed by atoms with Gasteiger partial charge in [0.05, 0.1) is 5.56 Å². The first-order valence-corrected chi connectivity index (χ1v) is 8.20. The molecule has 3 aromatic carbocycles. The Hall–Kier alpha value is -3.40. The number of allylic oxidation sites excluding steroid dienone is 1. The molecule has 0 atom stereocenters. The molecule has 0 saturated heterocycles. The molecule has 0 fully saturated rings. The molecule has 128 valence electrons. The van der Waals surface area contributed by atoms with Crippen LogP contribution in [0.4, 0.5) is 4.39 Å². The molecule has 0 bridgehead atoms. The molecule has 3 aromatic rings. The fourth-order valence-corrected chi connectivity index (χ4v) is 2.71. The quantitative estimate of drug-likeness (QED) is 0.622. The molecule has 0 aliphatic carbocycles. The van der Waals surface area contributed by atoms with Crippen molar-refractivity contribution < 1.29 is 18.7 Å². The third kappa shape index (κ3) is 3.35. The summed E-state index contributed by atoms with van der Waals surface area (Å²) in [5.41, 5.74) is 2.25. The zero-order chi connectivity index (χ0) is 17.9. The Labute approximate surface area is 150 Å². The SMILES string of the molecule is O=C1/C(=C/c2ccc(F)cc2)Oc2cc(OCc3ccccc3)ccc21. The largest absolute Gasteiger partial charge is 0.489 e. The summed E-state index contributed by atoms with van der Waals surface area (Å²) in [6.07, 6.45) is 1.60. The summed E-state index contributed by atoms with van der Waals surface area (Å²) in [4.78, 5) is 12.5. The van der Waals surface area contributed by atoms with E-state index < -0.39 is 0 Å². The smallest absolute Gasteiger partial charge is 0.231 e. The van der Waals surface area contributed by atoms with E-state index in [0.29, 0.717) is 29.2 Å². The molecule has 1 aliphatic rings. The van der Waals surface area contributed by atoms with Crippen LogP contribution in [0.25, 0.3) is 6.08 Å². The summed E-state index contributed by atoms with van der Waals surface area (Å²) in [6, 6.07) is 20.9. The molecular weight excluding hydrogens is 331 g/mol. The number of hydrogen-bond acceptors (Lipinski definition) is 3. The lowest BCUT2D eigenvalue weighted by Crippen LogP contribution is -1.98. The number of carbonyl (C=O) groups excluding carboxylic acids is 1. The average Bonchev–Trinajstić information content (AvgIpc) is 2.98. The van der Waals surface area contributed by atoms with Crippen molar-refractivity contribution in [2.75, 3.05) is 0 Å². The highest BCUT2D eigenvalue weighted by Crippen LogP contribution is 2.35. The summed E-state index contributed by atoms with van der Waals surface area (Å²) in [6.45, 7) is 0.436. The summed E-state index contributed by atoms with van der Waals surface area (Å²) in [5.74, 6) is 0.789. The van der Waals surface area contributed by atoms with Crippen LogP contribution in [0.2, 0.25) is 0 Å². The third-order valence-electron chi connectivity index (χ3n) is 4.06. The lowest BCUT2D eigenvalue weighted by Gasteiger charge is -2.07. The van der Waals surface area contributed by atoms with E-state index in [0.717, 1.165) is 5.56 Å². The third-order valence-corrected chi connectivity index (χ3v) is 4.06. The first kappa shape index (κ1) is 16.1. The first-order chi connectivity index (χ1) is 12.7. The minimum absolute atomic E-state index is 0.195. The maximum atomic E-state index is 13.0. The lowest BCUT2D eigenvalue weighted by atomic mass is 10.1. The van der Waals surface area contributed by atoms with Crippen LogP contribution in [-0.4, -0.2) is 5.78 Å². The van der Waals surface area contributed by atoms with Gasteiger partial charge in [-0.2, -0.15) is 0 Å². The topological polar surface area (TPSA) is 35.5 Å². The Kier molecular flexibility index (Phi) is 4.23. The van der Waals surface area contributed by atoms with Crippen molar-refractivity contribution >= 4 is 11.9 Å². The monoisotopic (exact) mass is 346 g/mol. The predicted octanol–water partition coefficient (Wildman–Crippen LogP) is 5.02. The maximum Gasteiger partial charge on any atom is 0.231 e. The zero-order valence-electron chi connectivity index (χ0n) is 13.8. The predicted molar refractivity (Wildman–Crippen MR) is 96.6 cm³/mol. The molecule has 4 rings (SSSR count). The Morgan fingerprint density at radius 2 is 1.73 bits per heavy atom. The number of hydrogen-bond donors (Lipinski definition) is 0. The van der Waals surface area contributed by atoms with Crippen molar-refractivity contribution in [3.63, 3.8) is 0 Å². The van der Waals surface area contributed by atoms with Crippen LogP contribution >= 0.6 is 0 Å². The molecular formula is C22H15FO3. The second-order valence-electron chi connectivity index (χ2n) is 5.92. The molecule has 0 spiro atoms. The van der Waals surface area contributed by atoms with Crippen LogP contribution in [0.5, 0.6) is 11.5 Å². The van der Waals surface area contributed by atoms with E-state index in [1.54, 1.807) is 36.4 Å². The molecule has 4 heteroatoms. The average molecular weight is 346 g/mol. The van der Waals surface area contributed by atoms with Gasteiger partial charge in [-0.25, -0.2) is 4.39 Å². The van der Waals surface area contributed by atoms with Gasteiger partial charge in [-0.15, -0.1) is 0 Å². The number of carbonyl (C=O) groups is 1. The maximum absolute atomic E-state index is 13.0. The normalized spacial score (nSPS) is 14.2. The second kappa shape index (κ2) is 6.84. The molecule has 3 nitrogen and oxygen atoms in total. The van der Waals surface area contributed by atoms with Crippen LogP contribution < -0.4 is 9.47 Å². The molecule has 0 saturated carbocycles. The minimum atomic E-state index is -0.325. The standard InChI is InChI=1S/C22H15FO3/c23-17-8-6-15(7-9-17)12-21-22(24)19-11-10-18(13-20(19)26-21)25-14-16-4-2-1-3-5-16/h1-13H,14H2/b21-12-. The van der Waals surface area contributed by atoms with E-state index in [2.05, 4.69) is 0 Å². The van der Waals surface area contributed by atoms with Crippen molar-refractivity contribution in [3.05, 3.63) is 101 Å². The highest BCUT2D eigenvalue weighted by atomic mass is 19.1. The van der Waals surface area contributed by atoms with Gasteiger partial charge in [-0.1, -0.05) is 42.5 Å². The van der Waals surface area contributed by atoms with Crippen molar-refractivity contribution in [1.82, 2.24) is 0 Å². The number of ketones is 1. The highest BCUT2D eigenvalue weighted by Gasteiger charge is 2.27. The van der Waals surface area contributed by atoms with Crippen LogP contribution in [-0.2, 0) is 6.61 Å². The van der Waals surface area contributed by atoms with Gasteiger partial charge in [-0.05, 0) is 41.5 Å². The van der Waals surface area contributed by atoms with Gasteiger partial charge in [0.25, 0.3) is 0 Å². The fourth-order valence-electron chi connectivity index (χ4n) is 2.71. The zero-order valence-corrected chi connectivity index (χ0v) is 13.8. The van der Waals surface area contributed by atoms with Gasteiger partial charge in [-0.3, -0.25) is 4.79 Å². The van der Waals surface area contributed by atoms with Gasteiger partial charge in [0.15, 0.2) is 5.76 Å². The number of rotatable bonds is 4. The fraction of sp³-hybridized carbons (Fsp3) is 0.0455. The first-order valence-electron chi connectivity index (χ1n) is 8.20. The number of fused-ring (bicyclic) bond motifs is 1. The van der Waals surface area contributed by atoms with Crippen LogP contribution in [0, 0.1) is 5.82 Å². The van der Waals surface area contributed by atoms with E-state index in [1.807, 2.05) is 30.3 Å². The number of benzene rings is 3. The molecule has 1 heterocycles. The molecule has 1 aliphatic heterocycles. The van der Waals surface area contributed by atoms with Gasteiger partial charge in [0, 0.05) is 6.07 Å². The Bertz CT molecular complexity index is 976. The summed E-state index contributed by atoms with van der Waals surface area (Å²) in [7, 11) is 0. The van der Waals surface area contributed by atoms with Crippen LogP contribution in [0.15, 0.2) is 78.6 Å². The highest BCUT2D eigenvalue weighted by molar-refractivity contribution is 6.14. The van der Waals surface area contributed by atoms with Gasteiger partial charge >= 0.3 is 0 Å². The minimum Gasteiger partial charge on any atom is -0.489 e. The van der Waals surface area contributed by atoms with Gasteiger partial charge < -0.3 is 9.47 Å². The second-order valence-corrected chi connectivity index (χ2v) is 5.92. The number of ether oxygens (including phenoxy) is 2. The molecule has 0 N–H and O–H groups in total. The molecule has 26 heavy (non-hydrogen) atoms. The summed E-state index contributed by atoms with van der Waals surface area (Å²) >= 11 is 0. The van der Waals surface area contributed by atoms with Crippen molar-refractivity contribution in [3.8, 4) is 11.5 Å². The number of Topliss-reactive ketones (excluding diaryl/α,β-unsaturated/α-hetero) is 1. The van der Waals surface area contributed by atoms with Crippen LogP contribution in [0.1, 0.15) is 21.5 Å². The van der Waals surface area contributed by atoms with Gasteiger partial charge in [0.2, 0.25) is 5.78 Å². The molecule has 0 unspecified atom stereocenters. The Balaban J connectivity index is 1.52. The van der Waals surface area contributed by atoms with E-state index in [-0.39, 0.29) is 17.4 Å². The van der Waals surface area contributed by atoms with E-state index in [1.165, 1.54) is 12.1 Å². The molecule has 0 radical (unpaired) electrons. The molecule has 0 aromatic heterocycles. The van der Waals surface area contributed by atoms with E-state index in [9.17, 15) is 9.18 Å². The summed E-state index contributed by atoms with van der Waals surface area (Å²) in [5, 5.41) is 0. The van der Waals surface area contributed by atoms with Gasteiger partial charge in [0.1, 0.15) is 23.9 Å². The Morgan fingerprint density at radius 3 is 2.50 bits per heavy atom. The van der Waals surface area contributed by atoms with Crippen molar-refractivity contribution in [2.24, 2.45) is 0 Å². The van der Waals surface area contributed by atoms with Crippen molar-refractivity contribution in [2.45, 2.75) is 6.61 Å². The summed E-state index contributed by atoms with van der Waals surface area (Å²) < 4.78 is 24.4. The van der Waals surface area contributed by atoms with E-state index in [4.69, 9.17) is 9.47 Å². The van der Waals surface area contributed by atoms with Crippen LogP contribution in [0.3, 0.4) is 0 Å².